The van der Waals surface area contributed by atoms with Crippen molar-refractivity contribution >= 4 is 0 Å². The van der Waals surface area contributed by atoms with Gasteiger partial charge in [-0.05, 0) is 31.5 Å². The summed E-state index contributed by atoms with van der Waals surface area (Å²) in [6.07, 6.45) is 1.07. The number of likely N-dealkylation sites (N-methyl/N-ethyl adjacent to an activating group) is 1. The van der Waals surface area contributed by atoms with Crippen molar-refractivity contribution < 1.29 is 4.74 Å². The molecule has 0 heterocycles. The van der Waals surface area contributed by atoms with E-state index in [1.54, 1.807) is 7.11 Å². The van der Waals surface area contributed by atoms with Gasteiger partial charge in [0.25, 0.3) is 0 Å². The van der Waals surface area contributed by atoms with E-state index >= 15 is 0 Å². The van der Waals surface area contributed by atoms with E-state index in [-0.39, 0.29) is 6.04 Å². The fraction of sp³-hybridized carbons (Fsp3) is 0.600. The number of methoxy groups -OCH3 is 1. The van der Waals surface area contributed by atoms with Crippen molar-refractivity contribution in [3.63, 3.8) is 0 Å². The molecule has 2 atom stereocenters. The first-order valence-corrected chi connectivity index (χ1v) is 6.63. The molecule has 18 heavy (non-hydrogen) atoms. The first-order valence-electron chi connectivity index (χ1n) is 6.63. The van der Waals surface area contributed by atoms with Crippen LogP contribution in [0.2, 0.25) is 0 Å². The Bertz CT molecular complexity index is 337. The molecular formula is C15H26N2O. The smallest absolute Gasteiger partial charge is 0.0589 e. The molecule has 0 aliphatic carbocycles. The van der Waals surface area contributed by atoms with Gasteiger partial charge in [0.05, 0.1) is 6.61 Å². The van der Waals surface area contributed by atoms with E-state index in [9.17, 15) is 0 Å². The average Bonchev–Trinajstić information content (AvgIpc) is 2.43. The Morgan fingerprint density at radius 2 is 1.89 bits per heavy atom. The molecule has 0 bridgehead atoms. The molecule has 0 aliphatic heterocycles. The second-order valence-electron chi connectivity index (χ2n) is 4.83. The number of hydrogen-bond donors (Lipinski definition) is 1. The van der Waals surface area contributed by atoms with Crippen LogP contribution in [0.15, 0.2) is 24.3 Å². The predicted octanol–water partition coefficient (Wildman–Crippen LogP) is 2.22. The highest BCUT2D eigenvalue weighted by molar-refractivity contribution is 5.25. The van der Waals surface area contributed by atoms with E-state index in [4.69, 9.17) is 10.5 Å². The summed E-state index contributed by atoms with van der Waals surface area (Å²) in [4.78, 5) is 2.24. The lowest BCUT2D eigenvalue weighted by molar-refractivity contribution is 0.135. The molecule has 0 amide bonds. The Morgan fingerprint density at radius 1 is 1.28 bits per heavy atom. The molecule has 0 saturated carbocycles. The number of aryl methyl sites for hydroxylation is 1. The number of benzene rings is 1. The molecule has 3 nitrogen and oxygen atoms in total. The van der Waals surface area contributed by atoms with E-state index in [1.807, 2.05) is 0 Å². The maximum atomic E-state index is 6.32. The number of ether oxygens (including phenoxy) is 1. The largest absolute Gasteiger partial charge is 0.383 e. The lowest BCUT2D eigenvalue weighted by Crippen LogP contribution is -2.39. The van der Waals surface area contributed by atoms with Crippen molar-refractivity contribution in [3.05, 3.63) is 35.4 Å². The van der Waals surface area contributed by atoms with Crippen molar-refractivity contribution in [2.75, 3.05) is 27.3 Å². The fourth-order valence-corrected chi connectivity index (χ4v) is 1.97. The van der Waals surface area contributed by atoms with Crippen molar-refractivity contribution in [2.45, 2.75) is 32.4 Å². The molecular weight excluding hydrogens is 224 g/mol. The molecule has 2 N–H and O–H groups in total. The summed E-state index contributed by atoms with van der Waals surface area (Å²) in [5.74, 6) is 0. The Balaban J connectivity index is 2.63. The van der Waals surface area contributed by atoms with Crippen molar-refractivity contribution in [3.8, 4) is 0 Å². The first kappa shape index (κ1) is 15.2. The number of hydrogen-bond acceptors (Lipinski definition) is 3. The van der Waals surface area contributed by atoms with Crippen LogP contribution in [0.25, 0.3) is 0 Å². The lowest BCUT2D eigenvalue weighted by atomic mass is 9.99. The van der Waals surface area contributed by atoms with Gasteiger partial charge in [-0.15, -0.1) is 0 Å². The predicted molar refractivity (Wildman–Crippen MR) is 76.7 cm³/mol. The van der Waals surface area contributed by atoms with E-state index in [1.165, 1.54) is 11.1 Å². The van der Waals surface area contributed by atoms with Crippen molar-refractivity contribution in [2.24, 2.45) is 5.73 Å². The summed E-state index contributed by atoms with van der Waals surface area (Å²) >= 11 is 0. The quantitative estimate of drug-likeness (QED) is 0.806. The molecule has 0 spiro atoms. The topological polar surface area (TPSA) is 38.5 Å². The van der Waals surface area contributed by atoms with Gasteiger partial charge in [-0.3, -0.25) is 4.90 Å². The molecule has 0 fully saturated rings. The van der Waals surface area contributed by atoms with E-state index < -0.39 is 0 Å². The summed E-state index contributed by atoms with van der Waals surface area (Å²) < 4.78 is 5.10. The summed E-state index contributed by atoms with van der Waals surface area (Å²) in [5, 5.41) is 0. The van der Waals surface area contributed by atoms with Crippen LogP contribution in [0, 0.1) is 0 Å². The molecule has 0 aromatic heterocycles. The molecule has 2 unspecified atom stereocenters. The van der Waals surface area contributed by atoms with Gasteiger partial charge in [0.2, 0.25) is 0 Å². The third kappa shape index (κ3) is 4.09. The molecule has 0 aliphatic rings. The maximum Gasteiger partial charge on any atom is 0.0589 e. The summed E-state index contributed by atoms with van der Waals surface area (Å²) in [6.45, 7) is 5.96. The zero-order valence-electron chi connectivity index (χ0n) is 12.0. The van der Waals surface area contributed by atoms with Gasteiger partial charge in [-0.25, -0.2) is 0 Å². The van der Waals surface area contributed by atoms with Crippen LogP contribution in [0.4, 0.5) is 0 Å². The Labute approximate surface area is 111 Å². The van der Waals surface area contributed by atoms with Gasteiger partial charge in [-0.2, -0.15) is 0 Å². The summed E-state index contributed by atoms with van der Waals surface area (Å²) in [5.41, 5.74) is 8.87. The summed E-state index contributed by atoms with van der Waals surface area (Å²) in [6, 6.07) is 8.95. The van der Waals surface area contributed by atoms with Crippen LogP contribution in [0.3, 0.4) is 0 Å². The minimum absolute atomic E-state index is 0.0396. The minimum atomic E-state index is 0.0396. The molecule has 102 valence electrons. The normalized spacial score (nSPS) is 14.8. The SMILES string of the molecule is CCc1ccc(C(N)C(C)N(C)CCOC)cc1. The van der Waals surface area contributed by atoms with Crippen LogP contribution in [0.1, 0.15) is 31.0 Å². The lowest BCUT2D eigenvalue weighted by Gasteiger charge is -2.29. The maximum absolute atomic E-state index is 6.32. The van der Waals surface area contributed by atoms with E-state index in [0.717, 1.165) is 19.6 Å². The molecule has 1 aromatic rings. The summed E-state index contributed by atoms with van der Waals surface area (Å²) in [7, 11) is 3.81. The highest BCUT2D eigenvalue weighted by atomic mass is 16.5. The van der Waals surface area contributed by atoms with Crippen LogP contribution in [-0.4, -0.2) is 38.3 Å². The van der Waals surface area contributed by atoms with Crippen molar-refractivity contribution in [1.29, 1.82) is 0 Å². The molecule has 1 aromatic carbocycles. The Hall–Kier alpha value is -0.900. The molecule has 3 heteroatoms. The van der Waals surface area contributed by atoms with Gasteiger partial charge in [0.1, 0.15) is 0 Å². The standard InChI is InChI=1S/C15H26N2O/c1-5-13-6-8-14(9-7-13)15(16)12(2)17(3)10-11-18-4/h6-9,12,15H,5,10-11,16H2,1-4H3. The van der Waals surface area contributed by atoms with Gasteiger partial charge in [0, 0.05) is 25.7 Å². The highest BCUT2D eigenvalue weighted by Gasteiger charge is 2.18. The fourth-order valence-electron chi connectivity index (χ4n) is 1.97. The number of rotatable bonds is 7. The first-order chi connectivity index (χ1) is 8.60. The zero-order valence-corrected chi connectivity index (χ0v) is 12.0. The van der Waals surface area contributed by atoms with Crippen molar-refractivity contribution in [1.82, 2.24) is 4.90 Å². The Kier molecular flexibility index (Phi) is 6.33. The third-order valence-corrected chi connectivity index (χ3v) is 3.64. The van der Waals surface area contributed by atoms with E-state index in [0.29, 0.717) is 6.04 Å². The van der Waals surface area contributed by atoms with Crippen LogP contribution in [-0.2, 0) is 11.2 Å². The third-order valence-electron chi connectivity index (χ3n) is 3.64. The van der Waals surface area contributed by atoms with Crippen LogP contribution in [0.5, 0.6) is 0 Å². The van der Waals surface area contributed by atoms with Crippen LogP contribution < -0.4 is 5.73 Å². The average molecular weight is 250 g/mol. The van der Waals surface area contributed by atoms with Gasteiger partial charge >= 0.3 is 0 Å². The molecule has 0 radical (unpaired) electrons. The van der Waals surface area contributed by atoms with Crippen LogP contribution >= 0.6 is 0 Å². The number of nitrogens with two attached hydrogens (primary N) is 1. The zero-order chi connectivity index (χ0) is 13.5. The Morgan fingerprint density at radius 3 is 2.39 bits per heavy atom. The second kappa shape index (κ2) is 7.52. The van der Waals surface area contributed by atoms with Gasteiger partial charge in [0.15, 0.2) is 0 Å². The minimum Gasteiger partial charge on any atom is -0.383 e. The van der Waals surface area contributed by atoms with E-state index in [2.05, 4.69) is 50.1 Å². The monoisotopic (exact) mass is 250 g/mol. The van der Waals surface area contributed by atoms with Gasteiger partial charge in [-0.1, -0.05) is 31.2 Å². The number of nitrogens with zero attached hydrogens (tertiary/aromatic N) is 1. The molecule has 0 saturated heterocycles. The highest BCUT2D eigenvalue weighted by Crippen LogP contribution is 2.18. The second-order valence-corrected chi connectivity index (χ2v) is 4.83. The molecule has 1 rings (SSSR count). The van der Waals surface area contributed by atoms with Gasteiger partial charge < -0.3 is 10.5 Å².